The van der Waals surface area contributed by atoms with Crippen LogP contribution in [0.5, 0.6) is 0 Å². The van der Waals surface area contributed by atoms with Gasteiger partial charge in [-0.1, -0.05) is 24.3 Å². The van der Waals surface area contributed by atoms with Crippen molar-refractivity contribution in [2.75, 3.05) is 6.54 Å². The van der Waals surface area contributed by atoms with Gasteiger partial charge in [-0.25, -0.2) is 4.99 Å². The van der Waals surface area contributed by atoms with Crippen LogP contribution in [0.3, 0.4) is 0 Å². The Kier molecular flexibility index (Phi) is 1.65. The minimum absolute atomic E-state index is 0.269. The first-order chi connectivity index (χ1) is 7.71. The lowest BCUT2D eigenvalue weighted by Gasteiger charge is -2.34. The maximum atomic E-state index is 11.4. The fourth-order valence-corrected chi connectivity index (χ4v) is 2.12. The quantitative estimate of drug-likeness (QED) is 0.482. The highest BCUT2D eigenvalue weighted by Crippen LogP contribution is 2.38. The molecule has 3 aliphatic rings. The van der Waals surface area contributed by atoms with Crippen molar-refractivity contribution >= 4 is 17.9 Å². The summed E-state index contributed by atoms with van der Waals surface area (Å²) >= 11 is 0. The van der Waals surface area contributed by atoms with Crippen LogP contribution in [0.25, 0.3) is 0 Å². The van der Waals surface area contributed by atoms with E-state index in [4.69, 9.17) is 0 Å². The number of allylic oxidation sites excluding steroid dienone is 3. The number of rotatable bonds is 0. The summed E-state index contributed by atoms with van der Waals surface area (Å²) < 4.78 is 0.703. The number of nitrogens with zero attached hydrogens (tertiary/aromatic N) is 3. The van der Waals surface area contributed by atoms with E-state index < -0.39 is 5.41 Å². The van der Waals surface area contributed by atoms with Crippen LogP contribution in [-0.4, -0.2) is 34.3 Å². The van der Waals surface area contributed by atoms with Gasteiger partial charge in [-0.15, -0.1) is 0 Å². The number of aliphatic hydroxyl groups is 1. The molecule has 0 fully saturated rings. The molecule has 5 nitrogen and oxygen atoms in total. The maximum Gasteiger partial charge on any atom is 0.309 e. The molecule has 1 unspecified atom stereocenters. The second-order valence-electron chi connectivity index (χ2n) is 3.88. The first-order valence-electron chi connectivity index (χ1n) is 4.92. The van der Waals surface area contributed by atoms with Crippen molar-refractivity contribution in [2.45, 2.75) is 0 Å². The Morgan fingerprint density at radius 2 is 2.31 bits per heavy atom. The highest BCUT2D eigenvalue weighted by Gasteiger charge is 2.43. The van der Waals surface area contributed by atoms with Gasteiger partial charge in [0.15, 0.2) is 6.20 Å². The van der Waals surface area contributed by atoms with Crippen molar-refractivity contribution in [3.05, 3.63) is 41.3 Å². The van der Waals surface area contributed by atoms with Gasteiger partial charge in [-0.05, 0) is 0 Å². The topological polar surface area (TPSA) is 71.0 Å². The van der Waals surface area contributed by atoms with Gasteiger partial charge in [-0.3, -0.25) is 0 Å². The van der Waals surface area contributed by atoms with Crippen molar-refractivity contribution in [1.82, 2.24) is 0 Å². The standard InChI is InChI=1S/C11H9N3O2/c15-10-12-7-11-4-2-1-3-8(11)5-14(16)6-9(11)13-10/h1-6H,7H2,(H,12,15). The van der Waals surface area contributed by atoms with Crippen molar-refractivity contribution in [1.29, 1.82) is 0 Å². The zero-order valence-electron chi connectivity index (χ0n) is 8.37. The van der Waals surface area contributed by atoms with Crippen LogP contribution in [0.1, 0.15) is 0 Å². The summed E-state index contributed by atoms with van der Waals surface area (Å²) in [5, 5.41) is 20.7. The summed E-state index contributed by atoms with van der Waals surface area (Å²) in [4.78, 5) is 7.86. The molecule has 0 amide bonds. The molecule has 80 valence electrons. The molecule has 0 saturated heterocycles. The van der Waals surface area contributed by atoms with Crippen LogP contribution in [0.2, 0.25) is 0 Å². The van der Waals surface area contributed by atoms with Crippen LogP contribution < -0.4 is 0 Å². The Morgan fingerprint density at radius 3 is 3.19 bits per heavy atom. The lowest BCUT2D eigenvalue weighted by molar-refractivity contribution is -0.373. The molecule has 3 rings (SSSR count). The summed E-state index contributed by atoms with van der Waals surface area (Å²) in [5.74, 6) is 0. The van der Waals surface area contributed by atoms with Gasteiger partial charge in [0.1, 0.15) is 5.71 Å². The van der Waals surface area contributed by atoms with Gasteiger partial charge < -0.3 is 10.3 Å². The molecule has 2 aliphatic heterocycles. The van der Waals surface area contributed by atoms with E-state index in [2.05, 4.69) is 9.98 Å². The number of hydrogen-bond acceptors (Lipinski definition) is 3. The van der Waals surface area contributed by atoms with Gasteiger partial charge in [0.05, 0.1) is 12.0 Å². The van der Waals surface area contributed by atoms with Crippen LogP contribution in [-0.2, 0) is 0 Å². The van der Waals surface area contributed by atoms with Crippen molar-refractivity contribution in [2.24, 2.45) is 15.4 Å². The zero-order valence-corrected chi connectivity index (χ0v) is 8.37. The summed E-state index contributed by atoms with van der Waals surface area (Å²) in [6, 6.07) is -0.269. The average Bonchev–Trinajstić information content (AvgIpc) is 2.26. The van der Waals surface area contributed by atoms with Gasteiger partial charge in [-0.2, -0.15) is 9.73 Å². The molecule has 16 heavy (non-hydrogen) atoms. The van der Waals surface area contributed by atoms with Crippen LogP contribution in [0.15, 0.2) is 46.1 Å². The third-order valence-corrected chi connectivity index (χ3v) is 2.95. The predicted octanol–water partition coefficient (Wildman–Crippen LogP) is 0.946. The van der Waals surface area contributed by atoms with Gasteiger partial charge >= 0.3 is 6.02 Å². The van der Waals surface area contributed by atoms with Crippen LogP contribution >= 0.6 is 0 Å². The van der Waals surface area contributed by atoms with Gasteiger partial charge in [0, 0.05) is 5.57 Å². The molecule has 5 heteroatoms. The SMILES string of the molecule is [O-][N+]1=CC2=NC(O)=NCC23C=CC=CC3=C1. The smallest absolute Gasteiger partial charge is 0.309 e. The fraction of sp³-hybridized carbons (Fsp3) is 0.182. The largest absolute Gasteiger partial charge is 0.619 e. The Bertz CT molecular complexity index is 537. The number of hydroxylamine groups is 1. The summed E-state index contributed by atoms with van der Waals surface area (Å²) in [7, 11) is 0. The van der Waals surface area contributed by atoms with E-state index in [9.17, 15) is 10.3 Å². The molecule has 2 heterocycles. The van der Waals surface area contributed by atoms with E-state index in [1.165, 1.54) is 12.4 Å². The molecule has 0 aromatic carbocycles. The molecule has 1 aliphatic carbocycles. The Hall–Kier alpha value is -2.17. The molecule has 1 atom stereocenters. The third-order valence-electron chi connectivity index (χ3n) is 2.95. The number of hydrogen-bond donors (Lipinski definition) is 1. The predicted molar refractivity (Wildman–Crippen MR) is 60.9 cm³/mol. The zero-order chi connectivity index (χ0) is 11.2. The van der Waals surface area contributed by atoms with E-state index in [0.29, 0.717) is 17.0 Å². The molecular weight excluding hydrogens is 206 g/mol. The van der Waals surface area contributed by atoms with E-state index in [0.717, 1.165) is 5.57 Å². The molecular formula is C11H9N3O2. The van der Waals surface area contributed by atoms with Crippen molar-refractivity contribution in [3.63, 3.8) is 0 Å². The fourth-order valence-electron chi connectivity index (χ4n) is 2.12. The maximum absolute atomic E-state index is 11.4. The van der Waals surface area contributed by atoms with Crippen molar-refractivity contribution in [3.8, 4) is 0 Å². The summed E-state index contributed by atoms with van der Waals surface area (Å²) in [6.07, 6.45) is 10.5. The minimum atomic E-state index is -0.470. The number of amidine groups is 1. The lowest BCUT2D eigenvalue weighted by Crippen LogP contribution is -2.42. The van der Waals surface area contributed by atoms with Gasteiger partial charge in [0.25, 0.3) is 0 Å². The molecule has 0 radical (unpaired) electrons. The molecule has 0 aromatic rings. The normalized spacial score (nSPS) is 30.8. The summed E-state index contributed by atoms with van der Waals surface area (Å²) in [6.45, 7) is 0.384. The van der Waals surface area contributed by atoms with Crippen LogP contribution in [0, 0.1) is 10.6 Å². The first-order valence-corrected chi connectivity index (χ1v) is 4.92. The highest BCUT2D eigenvalue weighted by atomic mass is 16.5. The Balaban J connectivity index is 2.21. The van der Waals surface area contributed by atoms with E-state index in [1.807, 2.05) is 24.3 Å². The number of aliphatic imine (C=N–C) groups is 2. The van der Waals surface area contributed by atoms with E-state index in [-0.39, 0.29) is 6.02 Å². The first kappa shape index (κ1) is 9.08. The molecule has 1 spiro atoms. The van der Waals surface area contributed by atoms with E-state index >= 15 is 0 Å². The van der Waals surface area contributed by atoms with Crippen molar-refractivity contribution < 1.29 is 9.85 Å². The minimum Gasteiger partial charge on any atom is -0.619 e. The molecule has 0 aromatic heterocycles. The number of aliphatic hydroxyl groups excluding tert-OH is 1. The second kappa shape index (κ2) is 2.91. The lowest BCUT2D eigenvalue weighted by atomic mass is 9.72. The monoisotopic (exact) mass is 215 g/mol. The molecule has 1 N–H and O–H groups in total. The Labute approximate surface area is 91.7 Å². The molecule has 0 saturated carbocycles. The third kappa shape index (κ3) is 1.08. The summed E-state index contributed by atoms with van der Waals surface area (Å²) in [5.41, 5.74) is 0.914. The van der Waals surface area contributed by atoms with E-state index in [1.54, 1.807) is 0 Å². The second-order valence-corrected chi connectivity index (χ2v) is 3.88. The molecule has 0 bridgehead atoms. The van der Waals surface area contributed by atoms with Gasteiger partial charge in [0.2, 0.25) is 6.21 Å². The Morgan fingerprint density at radius 1 is 1.44 bits per heavy atom. The van der Waals surface area contributed by atoms with Crippen LogP contribution in [0.4, 0.5) is 0 Å². The highest BCUT2D eigenvalue weighted by molar-refractivity contribution is 6.36. The average molecular weight is 215 g/mol.